The van der Waals surface area contributed by atoms with E-state index in [2.05, 4.69) is 5.32 Å². The molecule has 112 valence electrons. The Balaban J connectivity index is 2.06. The minimum absolute atomic E-state index is 0.00362. The third-order valence-electron chi connectivity index (χ3n) is 2.52. The summed E-state index contributed by atoms with van der Waals surface area (Å²) in [6, 6.07) is 6.37. The Hall–Kier alpha value is -1.48. The van der Waals surface area contributed by atoms with Gasteiger partial charge >= 0.3 is 0 Å². The van der Waals surface area contributed by atoms with E-state index < -0.39 is 21.7 Å². The van der Waals surface area contributed by atoms with Crippen LogP contribution in [0, 0.1) is 5.82 Å². The predicted octanol–water partition coefficient (Wildman–Crippen LogP) is 2.12. The second kappa shape index (κ2) is 6.10. The fourth-order valence-corrected chi connectivity index (χ4v) is 3.51. The second-order valence-electron chi connectivity index (χ2n) is 4.07. The summed E-state index contributed by atoms with van der Waals surface area (Å²) in [4.78, 5) is 12.5. The van der Waals surface area contributed by atoms with Crippen molar-refractivity contribution in [2.45, 2.75) is 10.8 Å². The first kappa shape index (κ1) is 15.9. The molecule has 0 spiro atoms. The molecule has 0 aliphatic heterocycles. The number of hydrogen-bond acceptors (Lipinski definition) is 4. The molecule has 1 heterocycles. The molecule has 0 fully saturated rings. The lowest BCUT2D eigenvalue weighted by atomic mass is 10.2. The first-order valence-corrected chi connectivity index (χ1v) is 8.36. The fourth-order valence-electron chi connectivity index (χ4n) is 1.54. The molecule has 9 heteroatoms. The molecule has 3 N–H and O–H groups in total. The lowest BCUT2D eigenvalue weighted by Gasteiger charge is -2.05. The van der Waals surface area contributed by atoms with Gasteiger partial charge in [-0.25, -0.2) is 17.9 Å². The van der Waals surface area contributed by atoms with Crippen LogP contribution in [0.4, 0.5) is 4.39 Å². The highest BCUT2D eigenvalue weighted by Crippen LogP contribution is 2.21. The Kier molecular flexibility index (Phi) is 4.62. The molecule has 1 aromatic heterocycles. The summed E-state index contributed by atoms with van der Waals surface area (Å²) in [5.41, 5.74) is 0.140. The van der Waals surface area contributed by atoms with Crippen molar-refractivity contribution in [3.8, 4) is 0 Å². The molecule has 21 heavy (non-hydrogen) atoms. The van der Waals surface area contributed by atoms with E-state index in [0.29, 0.717) is 4.88 Å². The summed E-state index contributed by atoms with van der Waals surface area (Å²) in [5.74, 6) is -1.02. The summed E-state index contributed by atoms with van der Waals surface area (Å²) < 4.78 is 35.2. The molecule has 0 saturated carbocycles. The van der Waals surface area contributed by atoms with Gasteiger partial charge in [0, 0.05) is 4.88 Å². The first-order chi connectivity index (χ1) is 9.77. The lowest BCUT2D eigenvalue weighted by Crippen LogP contribution is -2.22. The highest BCUT2D eigenvalue weighted by molar-refractivity contribution is 7.91. The van der Waals surface area contributed by atoms with E-state index in [1.54, 1.807) is 6.07 Å². The maximum atomic E-state index is 12.9. The quantitative estimate of drug-likeness (QED) is 0.886. The van der Waals surface area contributed by atoms with Crippen LogP contribution in [-0.4, -0.2) is 14.3 Å². The van der Waals surface area contributed by atoms with Crippen LogP contribution in [0.15, 0.2) is 34.5 Å². The van der Waals surface area contributed by atoms with Gasteiger partial charge in [0.05, 0.1) is 17.1 Å². The van der Waals surface area contributed by atoms with Gasteiger partial charge in [-0.05, 0) is 30.3 Å². The van der Waals surface area contributed by atoms with Gasteiger partial charge < -0.3 is 5.32 Å². The predicted molar refractivity (Wildman–Crippen MR) is 78.3 cm³/mol. The average molecular weight is 349 g/mol. The number of thiophene rings is 1. The number of nitrogens with two attached hydrogens (primary N) is 1. The van der Waals surface area contributed by atoms with Crippen molar-refractivity contribution >= 4 is 38.9 Å². The number of hydrogen-bond donors (Lipinski definition) is 2. The maximum absolute atomic E-state index is 12.9. The van der Waals surface area contributed by atoms with Gasteiger partial charge in [0.15, 0.2) is 0 Å². The topological polar surface area (TPSA) is 89.3 Å². The molecule has 0 unspecified atom stereocenters. The number of amides is 1. The van der Waals surface area contributed by atoms with Crippen molar-refractivity contribution in [3.05, 3.63) is 51.6 Å². The smallest absolute Gasteiger partial charge is 0.253 e. The van der Waals surface area contributed by atoms with Crippen LogP contribution in [0.25, 0.3) is 0 Å². The molecule has 5 nitrogen and oxygen atoms in total. The molecule has 0 atom stereocenters. The van der Waals surface area contributed by atoms with E-state index in [9.17, 15) is 17.6 Å². The molecule has 2 rings (SSSR count). The number of primary sulfonamides is 1. The molecule has 0 aliphatic carbocycles. The van der Waals surface area contributed by atoms with Crippen LogP contribution in [0.2, 0.25) is 5.02 Å². The van der Waals surface area contributed by atoms with Crippen LogP contribution >= 0.6 is 22.9 Å². The molecular weight excluding hydrogens is 339 g/mol. The summed E-state index contributed by atoms with van der Waals surface area (Å²) in [7, 11) is -3.74. The summed E-state index contributed by atoms with van der Waals surface area (Å²) in [6.07, 6.45) is 0. The number of sulfonamides is 1. The van der Waals surface area contributed by atoms with Crippen molar-refractivity contribution < 1.29 is 17.6 Å². The minimum atomic E-state index is -3.74. The van der Waals surface area contributed by atoms with E-state index >= 15 is 0 Å². The fraction of sp³-hybridized carbons (Fsp3) is 0.0833. The van der Waals surface area contributed by atoms with Crippen LogP contribution in [0.5, 0.6) is 0 Å². The van der Waals surface area contributed by atoms with Gasteiger partial charge in [0.25, 0.3) is 5.91 Å². The molecule has 0 bridgehead atoms. The largest absolute Gasteiger partial charge is 0.347 e. The number of benzene rings is 1. The van der Waals surface area contributed by atoms with Crippen molar-refractivity contribution in [3.63, 3.8) is 0 Å². The Labute approximate surface area is 129 Å². The summed E-state index contributed by atoms with van der Waals surface area (Å²) in [5, 5.41) is 7.57. The Bertz CT molecular complexity index is 790. The maximum Gasteiger partial charge on any atom is 0.253 e. The van der Waals surface area contributed by atoms with Gasteiger partial charge in [-0.15, -0.1) is 11.3 Å². The molecule has 0 saturated heterocycles. The SMILES string of the molecule is NS(=O)(=O)c1ccc(CNC(=O)c2ccc(F)cc2Cl)s1. The van der Waals surface area contributed by atoms with Crippen molar-refractivity contribution in [1.29, 1.82) is 0 Å². The molecular formula is C12H10ClFN2O3S2. The van der Waals surface area contributed by atoms with Crippen molar-refractivity contribution in [2.75, 3.05) is 0 Å². The zero-order valence-electron chi connectivity index (χ0n) is 10.5. The van der Waals surface area contributed by atoms with Gasteiger partial charge in [-0.3, -0.25) is 4.79 Å². The van der Waals surface area contributed by atoms with Gasteiger partial charge in [-0.2, -0.15) is 0 Å². The van der Waals surface area contributed by atoms with Gasteiger partial charge in [-0.1, -0.05) is 11.6 Å². The van der Waals surface area contributed by atoms with Crippen LogP contribution in [0.3, 0.4) is 0 Å². The molecule has 0 radical (unpaired) electrons. The van der Waals surface area contributed by atoms with E-state index in [4.69, 9.17) is 16.7 Å². The number of rotatable bonds is 4. The van der Waals surface area contributed by atoms with Crippen LogP contribution in [0.1, 0.15) is 15.2 Å². The van der Waals surface area contributed by atoms with Gasteiger partial charge in [0.1, 0.15) is 10.0 Å². The third kappa shape index (κ3) is 4.01. The highest BCUT2D eigenvalue weighted by atomic mass is 35.5. The molecule has 1 aromatic carbocycles. The van der Waals surface area contributed by atoms with Crippen molar-refractivity contribution in [1.82, 2.24) is 5.32 Å². The highest BCUT2D eigenvalue weighted by Gasteiger charge is 2.13. The Morgan fingerprint density at radius 3 is 2.62 bits per heavy atom. The minimum Gasteiger partial charge on any atom is -0.347 e. The number of carbonyl (C=O) groups is 1. The monoisotopic (exact) mass is 348 g/mol. The van der Waals surface area contributed by atoms with E-state index in [0.717, 1.165) is 23.5 Å². The van der Waals surface area contributed by atoms with Crippen molar-refractivity contribution in [2.24, 2.45) is 5.14 Å². The second-order valence-corrected chi connectivity index (χ2v) is 7.44. The lowest BCUT2D eigenvalue weighted by molar-refractivity contribution is 0.0951. The number of nitrogens with one attached hydrogen (secondary N) is 1. The summed E-state index contributed by atoms with van der Waals surface area (Å²) >= 11 is 6.74. The molecule has 0 aliphatic rings. The van der Waals surface area contributed by atoms with Crippen LogP contribution < -0.4 is 10.5 Å². The molecule has 1 amide bonds. The first-order valence-electron chi connectivity index (χ1n) is 5.62. The number of carbonyl (C=O) groups excluding carboxylic acids is 1. The zero-order valence-corrected chi connectivity index (χ0v) is 12.9. The van der Waals surface area contributed by atoms with E-state index in [1.807, 2.05) is 0 Å². The summed E-state index contributed by atoms with van der Waals surface area (Å²) in [6.45, 7) is 0.118. The third-order valence-corrected chi connectivity index (χ3v) is 5.35. The Morgan fingerprint density at radius 1 is 1.33 bits per heavy atom. The van der Waals surface area contributed by atoms with Crippen LogP contribution in [-0.2, 0) is 16.6 Å². The van der Waals surface area contributed by atoms with E-state index in [1.165, 1.54) is 12.1 Å². The average Bonchev–Trinajstić information content (AvgIpc) is 2.84. The normalized spacial score (nSPS) is 11.4. The zero-order chi connectivity index (χ0) is 15.6. The van der Waals surface area contributed by atoms with Gasteiger partial charge in [0.2, 0.25) is 10.0 Å². The number of halogens is 2. The Morgan fingerprint density at radius 2 is 2.05 bits per heavy atom. The molecule has 2 aromatic rings. The van der Waals surface area contributed by atoms with E-state index in [-0.39, 0.29) is 21.3 Å². The standard InChI is InChI=1S/C12H10ClFN2O3S2/c13-10-5-7(14)1-3-9(10)12(17)16-6-8-2-4-11(20-8)21(15,18)19/h1-5H,6H2,(H,16,17)(H2,15,18,19).